The maximum Gasteiger partial charge on any atom is 0.433 e. The number of nitrogens with zero attached hydrogens (tertiary/aromatic N) is 2. The first kappa shape index (κ1) is 15.3. The molecule has 120 valence electrons. The normalized spacial score (nSPS) is 22.1. The van der Waals surface area contributed by atoms with Crippen molar-refractivity contribution in [3.05, 3.63) is 29.6 Å². The maximum absolute atomic E-state index is 12.5. The molecule has 1 atom stereocenters. The van der Waals surface area contributed by atoms with Gasteiger partial charge >= 0.3 is 6.18 Å². The molecule has 3 rings (SSSR count). The Labute approximate surface area is 126 Å². The molecule has 4 nitrogen and oxygen atoms in total. The molecular weight excluding hydrogens is 297 g/mol. The van der Waals surface area contributed by atoms with Gasteiger partial charge < -0.3 is 9.64 Å². The van der Waals surface area contributed by atoms with Crippen LogP contribution in [0.1, 0.15) is 35.3 Å². The molecule has 1 aromatic heterocycles. The van der Waals surface area contributed by atoms with Crippen LogP contribution in [0.15, 0.2) is 18.3 Å². The molecule has 1 aromatic rings. The van der Waals surface area contributed by atoms with E-state index in [9.17, 15) is 18.0 Å². The Balaban J connectivity index is 1.57. The minimum atomic E-state index is -4.49. The van der Waals surface area contributed by atoms with Crippen molar-refractivity contribution >= 4 is 5.91 Å². The Morgan fingerprint density at radius 1 is 1.32 bits per heavy atom. The highest BCUT2D eigenvalue weighted by molar-refractivity contribution is 5.94. The van der Waals surface area contributed by atoms with Crippen LogP contribution >= 0.6 is 0 Å². The summed E-state index contributed by atoms with van der Waals surface area (Å²) in [5, 5.41) is 0. The van der Waals surface area contributed by atoms with E-state index < -0.39 is 11.9 Å². The first-order chi connectivity index (χ1) is 10.4. The average molecular weight is 314 g/mol. The van der Waals surface area contributed by atoms with Gasteiger partial charge in [-0.25, -0.2) is 0 Å². The van der Waals surface area contributed by atoms with Crippen LogP contribution in [0.2, 0.25) is 0 Å². The number of hydrogen-bond acceptors (Lipinski definition) is 3. The Hall–Kier alpha value is -1.63. The highest BCUT2D eigenvalue weighted by Crippen LogP contribution is 2.30. The molecule has 2 fully saturated rings. The van der Waals surface area contributed by atoms with Crippen molar-refractivity contribution in [3.8, 4) is 0 Å². The van der Waals surface area contributed by atoms with Crippen LogP contribution in [0.4, 0.5) is 13.2 Å². The number of amides is 1. The Morgan fingerprint density at radius 3 is 2.68 bits per heavy atom. The molecule has 7 heteroatoms. The van der Waals surface area contributed by atoms with E-state index in [0.717, 1.165) is 25.3 Å². The number of halogens is 3. The lowest BCUT2D eigenvalue weighted by Crippen LogP contribution is -2.30. The predicted octanol–water partition coefficient (Wildman–Crippen LogP) is 2.74. The number of carbonyl (C=O) groups is 1. The fraction of sp³-hybridized carbons (Fsp3) is 0.600. The van der Waals surface area contributed by atoms with Gasteiger partial charge in [-0.05, 0) is 37.3 Å². The van der Waals surface area contributed by atoms with E-state index in [0.29, 0.717) is 19.0 Å². The van der Waals surface area contributed by atoms with E-state index in [4.69, 9.17) is 4.74 Å². The third kappa shape index (κ3) is 3.58. The number of carbonyl (C=O) groups excluding carboxylic acids is 1. The molecule has 22 heavy (non-hydrogen) atoms. The van der Waals surface area contributed by atoms with Crippen LogP contribution in [0, 0.1) is 5.92 Å². The molecule has 1 unspecified atom stereocenters. The topological polar surface area (TPSA) is 42.4 Å². The number of hydrogen-bond donors (Lipinski definition) is 0. The summed E-state index contributed by atoms with van der Waals surface area (Å²) in [6.45, 7) is 1.80. The second kappa shape index (κ2) is 5.87. The molecule has 1 amide bonds. The minimum Gasteiger partial charge on any atom is -0.376 e. The first-order valence-electron chi connectivity index (χ1n) is 7.37. The largest absolute Gasteiger partial charge is 0.433 e. The summed E-state index contributed by atoms with van der Waals surface area (Å²) in [5.41, 5.74) is -0.813. The number of ether oxygens (including phenoxy) is 1. The molecule has 0 spiro atoms. The molecule has 1 aliphatic carbocycles. The highest BCUT2D eigenvalue weighted by Gasteiger charge is 2.33. The van der Waals surface area contributed by atoms with Gasteiger partial charge in [0.25, 0.3) is 5.91 Å². The van der Waals surface area contributed by atoms with Crippen molar-refractivity contribution in [1.29, 1.82) is 0 Å². The van der Waals surface area contributed by atoms with E-state index in [-0.39, 0.29) is 17.6 Å². The van der Waals surface area contributed by atoms with E-state index in [1.807, 2.05) is 0 Å². The molecular formula is C15H17F3N2O2. The molecule has 0 aromatic carbocycles. The maximum atomic E-state index is 12.5. The van der Waals surface area contributed by atoms with Crippen molar-refractivity contribution in [2.75, 3.05) is 19.7 Å². The SMILES string of the molecule is O=C(c1ccc(C(F)(F)F)nc1)N1CCC(OCC2CC2)C1. The first-order valence-corrected chi connectivity index (χ1v) is 7.37. The summed E-state index contributed by atoms with van der Waals surface area (Å²) in [6.07, 6.45) is -0.265. The lowest BCUT2D eigenvalue weighted by atomic mass is 10.2. The number of likely N-dealkylation sites (tertiary alicyclic amines) is 1. The van der Waals surface area contributed by atoms with Crippen LogP contribution in [-0.2, 0) is 10.9 Å². The zero-order valence-electron chi connectivity index (χ0n) is 12.0. The standard InChI is InChI=1S/C15H17F3N2O2/c16-15(17,18)13-4-3-11(7-19-13)14(21)20-6-5-12(8-20)22-9-10-1-2-10/h3-4,7,10,12H,1-2,5-6,8-9H2. The Kier molecular flexibility index (Phi) is 4.08. The molecule has 1 saturated carbocycles. The summed E-state index contributed by atoms with van der Waals surface area (Å²) in [4.78, 5) is 17.2. The molecule has 2 heterocycles. The Bertz CT molecular complexity index is 541. The zero-order chi connectivity index (χ0) is 15.7. The molecule has 2 aliphatic rings. The quantitative estimate of drug-likeness (QED) is 0.858. The van der Waals surface area contributed by atoms with Crippen molar-refractivity contribution in [2.45, 2.75) is 31.5 Å². The summed E-state index contributed by atoms with van der Waals surface area (Å²) in [6, 6.07) is 2.01. The second-order valence-corrected chi connectivity index (χ2v) is 5.87. The Morgan fingerprint density at radius 2 is 2.09 bits per heavy atom. The van der Waals surface area contributed by atoms with Gasteiger partial charge in [-0.15, -0.1) is 0 Å². The van der Waals surface area contributed by atoms with Crippen molar-refractivity contribution in [1.82, 2.24) is 9.88 Å². The highest BCUT2D eigenvalue weighted by atomic mass is 19.4. The molecule has 0 N–H and O–H groups in total. The van der Waals surface area contributed by atoms with Crippen LogP contribution in [0.25, 0.3) is 0 Å². The van der Waals surface area contributed by atoms with E-state index in [2.05, 4.69) is 4.98 Å². The lowest BCUT2D eigenvalue weighted by Gasteiger charge is -2.17. The lowest BCUT2D eigenvalue weighted by molar-refractivity contribution is -0.141. The minimum absolute atomic E-state index is 0.0342. The van der Waals surface area contributed by atoms with Crippen LogP contribution < -0.4 is 0 Å². The average Bonchev–Trinajstić information content (AvgIpc) is 3.20. The molecule has 1 saturated heterocycles. The number of aromatic nitrogens is 1. The van der Waals surface area contributed by atoms with Crippen molar-refractivity contribution in [3.63, 3.8) is 0 Å². The van der Waals surface area contributed by atoms with Gasteiger partial charge in [0.05, 0.1) is 11.7 Å². The smallest absolute Gasteiger partial charge is 0.376 e. The van der Waals surface area contributed by atoms with Gasteiger partial charge in [0, 0.05) is 25.9 Å². The third-order valence-corrected chi connectivity index (χ3v) is 4.00. The summed E-state index contributed by atoms with van der Waals surface area (Å²) in [5.74, 6) is 0.377. The van der Waals surface area contributed by atoms with Gasteiger partial charge in [-0.2, -0.15) is 13.2 Å². The van der Waals surface area contributed by atoms with Crippen LogP contribution in [0.3, 0.4) is 0 Å². The second-order valence-electron chi connectivity index (χ2n) is 5.87. The fourth-order valence-corrected chi connectivity index (χ4v) is 2.48. The van der Waals surface area contributed by atoms with Gasteiger partial charge in [0.1, 0.15) is 5.69 Å². The van der Waals surface area contributed by atoms with Crippen LogP contribution in [-0.4, -0.2) is 41.6 Å². The molecule has 0 bridgehead atoms. The predicted molar refractivity (Wildman–Crippen MR) is 72.2 cm³/mol. The van der Waals surface area contributed by atoms with E-state index in [1.54, 1.807) is 4.90 Å². The van der Waals surface area contributed by atoms with Gasteiger partial charge in [0.2, 0.25) is 0 Å². The third-order valence-electron chi connectivity index (χ3n) is 4.00. The number of alkyl halides is 3. The van der Waals surface area contributed by atoms with Crippen LogP contribution in [0.5, 0.6) is 0 Å². The fourth-order valence-electron chi connectivity index (χ4n) is 2.48. The number of rotatable bonds is 4. The van der Waals surface area contributed by atoms with E-state index >= 15 is 0 Å². The van der Waals surface area contributed by atoms with Crippen molar-refractivity contribution in [2.24, 2.45) is 5.92 Å². The van der Waals surface area contributed by atoms with E-state index in [1.165, 1.54) is 18.9 Å². The van der Waals surface area contributed by atoms with Gasteiger partial charge in [0.15, 0.2) is 0 Å². The zero-order valence-corrected chi connectivity index (χ0v) is 12.0. The molecule has 0 radical (unpaired) electrons. The van der Waals surface area contributed by atoms with Crippen molar-refractivity contribution < 1.29 is 22.7 Å². The summed E-state index contributed by atoms with van der Waals surface area (Å²) >= 11 is 0. The monoisotopic (exact) mass is 314 g/mol. The van der Waals surface area contributed by atoms with Gasteiger partial charge in [-0.3, -0.25) is 9.78 Å². The molecule has 1 aliphatic heterocycles. The summed E-state index contributed by atoms with van der Waals surface area (Å²) < 4.78 is 43.1. The summed E-state index contributed by atoms with van der Waals surface area (Å²) in [7, 11) is 0. The number of pyridine rings is 1. The van der Waals surface area contributed by atoms with Gasteiger partial charge in [-0.1, -0.05) is 0 Å².